The highest BCUT2D eigenvalue weighted by atomic mass is 16.5. The fraction of sp³-hybridized carbons (Fsp3) is 0.318. The van der Waals surface area contributed by atoms with Gasteiger partial charge in [0.25, 0.3) is 5.91 Å². The third-order valence-corrected chi connectivity index (χ3v) is 4.79. The Labute approximate surface area is 165 Å². The van der Waals surface area contributed by atoms with Crippen molar-refractivity contribution in [2.45, 2.75) is 19.5 Å². The van der Waals surface area contributed by atoms with E-state index in [0.29, 0.717) is 36.8 Å². The van der Waals surface area contributed by atoms with Crippen molar-refractivity contribution >= 4 is 11.6 Å². The molecule has 28 heavy (non-hydrogen) atoms. The van der Waals surface area contributed by atoms with Crippen LogP contribution >= 0.6 is 0 Å². The summed E-state index contributed by atoms with van der Waals surface area (Å²) < 4.78 is 16.5. The summed E-state index contributed by atoms with van der Waals surface area (Å²) in [6.45, 7) is 7.56. The van der Waals surface area contributed by atoms with Crippen LogP contribution in [-0.2, 0) is 6.54 Å². The summed E-state index contributed by atoms with van der Waals surface area (Å²) in [4.78, 5) is 14.9. The van der Waals surface area contributed by atoms with E-state index in [0.717, 1.165) is 17.0 Å². The fourth-order valence-corrected chi connectivity index (χ4v) is 3.33. The molecule has 3 rings (SSSR count). The fourth-order valence-electron chi connectivity index (χ4n) is 3.33. The van der Waals surface area contributed by atoms with Gasteiger partial charge in [0.2, 0.25) is 0 Å². The minimum absolute atomic E-state index is 0.163. The molecule has 148 valence electrons. The average molecular weight is 382 g/mol. The Morgan fingerprint density at radius 3 is 2.86 bits per heavy atom. The second-order valence-corrected chi connectivity index (χ2v) is 6.62. The van der Waals surface area contributed by atoms with Crippen molar-refractivity contribution in [3.8, 4) is 17.2 Å². The van der Waals surface area contributed by atoms with Crippen LogP contribution in [0.25, 0.3) is 0 Å². The van der Waals surface area contributed by atoms with Gasteiger partial charge in [-0.3, -0.25) is 4.79 Å². The number of rotatable bonds is 7. The number of nitrogens with one attached hydrogen (secondary N) is 1. The van der Waals surface area contributed by atoms with Crippen molar-refractivity contribution in [2.75, 3.05) is 32.3 Å². The van der Waals surface area contributed by atoms with Gasteiger partial charge in [-0.15, -0.1) is 6.58 Å². The van der Waals surface area contributed by atoms with E-state index in [2.05, 4.69) is 23.7 Å². The highest BCUT2D eigenvalue weighted by Crippen LogP contribution is 2.35. The number of hydrogen-bond donors (Lipinski definition) is 1. The summed E-state index contributed by atoms with van der Waals surface area (Å²) in [5.41, 5.74) is 2.33. The molecule has 2 aromatic rings. The molecule has 6 heteroatoms. The van der Waals surface area contributed by atoms with E-state index in [1.54, 1.807) is 20.3 Å². The van der Waals surface area contributed by atoms with Crippen molar-refractivity contribution in [1.29, 1.82) is 0 Å². The summed E-state index contributed by atoms with van der Waals surface area (Å²) in [7, 11) is 3.17. The van der Waals surface area contributed by atoms with Gasteiger partial charge in [0.1, 0.15) is 12.4 Å². The molecule has 1 heterocycles. The normalized spacial score (nSPS) is 15.2. The van der Waals surface area contributed by atoms with Crippen LogP contribution in [0.2, 0.25) is 0 Å². The van der Waals surface area contributed by atoms with Gasteiger partial charge < -0.3 is 24.4 Å². The summed E-state index contributed by atoms with van der Waals surface area (Å²) >= 11 is 0. The molecule has 0 fully saturated rings. The quantitative estimate of drug-likeness (QED) is 0.744. The van der Waals surface area contributed by atoms with Crippen LogP contribution in [0, 0.1) is 0 Å². The smallest absolute Gasteiger partial charge is 0.251 e. The van der Waals surface area contributed by atoms with Crippen molar-refractivity contribution in [3.05, 3.63) is 60.2 Å². The number of amides is 1. The lowest BCUT2D eigenvalue weighted by Gasteiger charge is -2.36. The minimum atomic E-state index is -0.163. The molecule has 0 unspecified atom stereocenters. The molecule has 1 aliphatic rings. The number of hydrogen-bond acceptors (Lipinski definition) is 5. The molecule has 0 saturated heterocycles. The molecule has 0 saturated carbocycles. The van der Waals surface area contributed by atoms with E-state index in [1.165, 1.54) is 0 Å². The molecular weight excluding hydrogens is 356 g/mol. The van der Waals surface area contributed by atoms with Gasteiger partial charge in [0.05, 0.1) is 25.9 Å². The lowest BCUT2D eigenvalue weighted by molar-refractivity contribution is 0.0950. The predicted octanol–water partition coefficient (Wildman–Crippen LogP) is 3.41. The zero-order chi connectivity index (χ0) is 20.1. The average Bonchev–Trinajstić information content (AvgIpc) is 2.73. The molecule has 2 aromatic carbocycles. The molecule has 0 spiro atoms. The first-order valence-electron chi connectivity index (χ1n) is 9.21. The van der Waals surface area contributed by atoms with Crippen molar-refractivity contribution in [3.63, 3.8) is 0 Å². The number of fused-ring (bicyclic) bond motifs is 1. The monoisotopic (exact) mass is 382 g/mol. The Morgan fingerprint density at radius 2 is 2.14 bits per heavy atom. The van der Waals surface area contributed by atoms with E-state index < -0.39 is 0 Å². The second kappa shape index (κ2) is 8.69. The number of methoxy groups -OCH3 is 2. The number of carbonyl (C=O) groups is 1. The van der Waals surface area contributed by atoms with Crippen LogP contribution in [-0.4, -0.2) is 39.3 Å². The zero-order valence-corrected chi connectivity index (χ0v) is 16.5. The Balaban J connectivity index is 1.78. The van der Waals surface area contributed by atoms with Crippen molar-refractivity contribution in [2.24, 2.45) is 0 Å². The van der Waals surface area contributed by atoms with E-state index in [-0.39, 0.29) is 11.9 Å². The zero-order valence-electron chi connectivity index (χ0n) is 16.5. The van der Waals surface area contributed by atoms with Crippen molar-refractivity contribution < 1.29 is 19.0 Å². The molecule has 1 amide bonds. The molecule has 0 radical (unpaired) electrons. The van der Waals surface area contributed by atoms with Crippen LogP contribution in [0.3, 0.4) is 0 Å². The molecule has 1 atom stereocenters. The Morgan fingerprint density at radius 1 is 1.32 bits per heavy atom. The van der Waals surface area contributed by atoms with Crippen LogP contribution in [0.5, 0.6) is 17.2 Å². The van der Waals surface area contributed by atoms with Gasteiger partial charge in [-0.2, -0.15) is 0 Å². The molecule has 0 aliphatic carbocycles. The minimum Gasteiger partial charge on any atom is -0.493 e. The summed E-state index contributed by atoms with van der Waals surface area (Å²) in [5.74, 6) is 1.87. The topological polar surface area (TPSA) is 60.0 Å². The number of nitrogens with zero attached hydrogens (tertiary/aromatic N) is 1. The number of ether oxygens (including phenoxy) is 3. The molecule has 0 bridgehead atoms. The maximum absolute atomic E-state index is 12.7. The Hall–Kier alpha value is -3.15. The second-order valence-electron chi connectivity index (χ2n) is 6.62. The lowest BCUT2D eigenvalue weighted by Crippen LogP contribution is -2.41. The van der Waals surface area contributed by atoms with Gasteiger partial charge in [-0.1, -0.05) is 18.2 Å². The van der Waals surface area contributed by atoms with E-state index >= 15 is 0 Å². The summed E-state index contributed by atoms with van der Waals surface area (Å²) in [5, 5.41) is 2.95. The van der Waals surface area contributed by atoms with Crippen LogP contribution in [0.4, 0.5) is 5.69 Å². The largest absolute Gasteiger partial charge is 0.493 e. The maximum atomic E-state index is 12.7. The van der Waals surface area contributed by atoms with Gasteiger partial charge >= 0.3 is 0 Å². The van der Waals surface area contributed by atoms with E-state index in [4.69, 9.17) is 14.2 Å². The first-order chi connectivity index (χ1) is 13.6. The lowest BCUT2D eigenvalue weighted by atomic mass is 10.1. The predicted molar refractivity (Wildman–Crippen MR) is 110 cm³/mol. The molecule has 0 aromatic heterocycles. The number of carbonyl (C=O) groups excluding carboxylic acids is 1. The summed E-state index contributed by atoms with van der Waals surface area (Å²) in [6, 6.07) is 11.3. The molecular formula is C22H26N2O4. The third-order valence-electron chi connectivity index (χ3n) is 4.79. The van der Waals surface area contributed by atoms with Crippen LogP contribution in [0.1, 0.15) is 22.8 Å². The number of anilines is 1. The number of benzene rings is 2. The standard InChI is InChI=1S/C22H26N2O4/c1-5-11-24-15(2)14-28-19-10-9-16(12-18(19)24)22(25)23-13-17-7-6-8-20(26-3)21(17)27-4/h5-10,12,15H,1,11,13-14H2,2-4H3,(H,23,25)/t15-/m0/s1. The molecule has 6 nitrogen and oxygen atoms in total. The molecule has 1 aliphatic heterocycles. The van der Waals surface area contributed by atoms with E-state index in [1.807, 2.05) is 36.4 Å². The van der Waals surface area contributed by atoms with Crippen LogP contribution < -0.4 is 24.4 Å². The van der Waals surface area contributed by atoms with Gasteiger partial charge in [0, 0.05) is 24.2 Å². The van der Waals surface area contributed by atoms with Crippen molar-refractivity contribution in [1.82, 2.24) is 5.32 Å². The Bertz CT molecular complexity index is 866. The van der Waals surface area contributed by atoms with Crippen LogP contribution in [0.15, 0.2) is 49.1 Å². The number of para-hydroxylation sites is 1. The first-order valence-corrected chi connectivity index (χ1v) is 9.21. The third kappa shape index (κ3) is 3.91. The van der Waals surface area contributed by atoms with Gasteiger partial charge in [-0.25, -0.2) is 0 Å². The highest BCUT2D eigenvalue weighted by Gasteiger charge is 2.24. The summed E-state index contributed by atoms with van der Waals surface area (Å²) in [6.07, 6.45) is 1.85. The molecule has 1 N–H and O–H groups in total. The Kier molecular flexibility index (Phi) is 6.09. The maximum Gasteiger partial charge on any atom is 0.251 e. The SMILES string of the molecule is C=CCN1c2cc(C(=O)NCc3cccc(OC)c3OC)ccc2OC[C@@H]1C. The van der Waals surface area contributed by atoms with E-state index in [9.17, 15) is 4.79 Å². The first kappa shape index (κ1) is 19.6. The highest BCUT2D eigenvalue weighted by molar-refractivity contribution is 5.95. The van der Waals surface area contributed by atoms with Gasteiger partial charge in [-0.05, 0) is 31.2 Å². The van der Waals surface area contributed by atoms with Gasteiger partial charge in [0.15, 0.2) is 11.5 Å².